The molecule has 0 spiro atoms. The van der Waals surface area contributed by atoms with E-state index in [-0.39, 0.29) is 5.92 Å². The van der Waals surface area contributed by atoms with E-state index in [9.17, 15) is 5.11 Å². The van der Waals surface area contributed by atoms with Crippen molar-refractivity contribution in [3.05, 3.63) is 65.7 Å². The Morgan fingerprint density at radius 3 is 2.43 bits per heavy atom. The van der Waals surface area contributed by atoms with Gasteiger partial charge in [-0.1, -0.05) is 43.3 Å². The van der Waals surface area contributed by atoms with Gasteiger partial charge in [0.25, 0.3) is 0 Å². The van der Waals surface area contributed by atoms with Gasteiger partial charge in [-0.05, 0) is 22.9 Å². The van der Waals surface area contributed by atoms with Crippen molar-refractivity contribution in [2.45, 2.75) is 12.8 Å². The molecule has 1 unspecified atom stereocenters. The molecule has 23 heavy (non-hydrogen) atoms. The predicted molar refractivity (Wildman–Crippen MR) is 92.7 cm³/mol. The predicted octanol–water partition coefficient (Wildman–Crippen LogP) is 4.71. The summed E-state index contributed by atoms with van der Waals surface area (Å²) < 4.78 is 10.8. The first-order valence-electron chi connectivity index (χ1n) is 7.58. The Morgan fingerprint density at radius 2 is 1.70 bits per heavy atom. The third-order valence-corrected chi connectivity index (χ3v) is 4.29. The van der Waals surface area contributed by atoms with E-state index in [0.29, 0.717) is 5.75 Å². The fraction of sp³-hybridized carbons (Fsp3) is 0.200. The summed E-state index contributed by atoms with van der Waals surface area (Å²) in [4.78, 5) is 0. The zero-order valence-electron chi connectivity index (χ0n) is 13.5. The van der Waals surface area contributed by atoms with Crippen molar-refractivity contribution >= 4 is 10.8 Å². The molecule has 0 radical (unpaired) electrons. The molecule has 0 bridgehead atoms. The Morgan fingerprint density at radius 1 is 0.913 bits per heavy atom. The van der Waals surface area contributed by atoms with E-state index in [1.807, 2.05) is 42.5 Å². The molecular weight excluding hydrogens is 288 g/mol. The summed E-state index contributed by atoms with van der Waals surface area (Å²) in [7, 11) is 3.28. The van der Waals surface area contributed by atoms with Crippen molar-refractivity contribution in [2.24, 2.45) is 0 Å². The summed E-state index contributed by atoms with van der Waals surface area (Å²) >= 11 is 0. The lowest BCUT2D eigenvalue weighted by Gasteiger charge is -2.20. The summed E-state index contributed by atoms with van der Waals surface area (Å²) in [6, 6.07) is 17.5. The minimum Gasteiger partial charge on any atom is -0.508 e. The molecule has 0 saturated heterocycles. The minimum absolute atomic E-state index is 0.0121. The van der Waals surface area contributed by atoms with Crippen molar-refractivity contribution in [2.75, 3.05) is 14.2 Å². The van der Waals surface area contributed by atoms with E-state index in [4.69, 9.17) is 9.47 Å². The van der Waals surface area contributed by atoms with Crippen molar-refractivity contribution in [3.63, 3.8) is 0 Å². The van der Waals surface area contributed by atoms with E-state index in [0.717, 1.165) is 33.4 Å². The molecule has 3 nitrogen and oxygen atoms in total. The number of fused-ring (bicyclic) bond motifs is 1. The van der Waals surface area contributed by atoms with Crippen LogP contribution in [0.3, 0.4) is 0 Å². The fourth-order valence-corrected chi connectivity index (χ4v) is 3.07. The van der Waals surface area contributed by atoms with Crippen LogP contribution in [-0.2, 0) is 0 Å². The minimum atomic E-state index is -0.0121. The molecule has 3 aromatic rings. The van der Waals surface area contributed by atoms with E-state index >= 15 is 0 Å². The van der Waals surface area contributed by atoms with Crippen LogP contribution in [-0.4, -0.2) is 19.3 Å². The Labute approximate surface area is 136 Å². The Balaban J connectivity index is 2.18. The van der Waals surface area contributed by atoms with Crippen molar-refractivity contribution < 1.29 is 14.6 Å². The second-order valence-corrected chi connectivity index (χ2v) is 5.55. The zero-order valence-corrected chi connectivity index (χ0v) is 13.5. The van der Waals surface area contributed by atoms with Gasteiger partial charge in [-0.2, -0.15) is 0 Å². The van der Waals surface area contributed by atoms with E-state index in [1.54, 1.807) is 20.3 Å². The summed E-state index contributed by atoms with van der Waals surface area (Å²) in [5, 5.41) is 12.6. The second-order valence-electron chi connectivity index (χ2n) is 5.55. The smallest absolute Gasteiger partial charge is 0.126 e. The molecule has 0 aromatic heterocycles. The molecule has 0 saturated carbocycles. The number of hydrogen-bond donors (Lipinski definition) is 1. The van der Waals surface area contributed by atoms with Gasteiger partial charge < -0.3 is 14.6 Å². The summed E-state index contributed by atoms with van der Waals surface area (Å²) in [5.41, 5.74) is 1.92. The normalized spacial score (nSPS) is 12.1. The molecule has 3 rings (SSSR count). The average molecular weight is 308 g/mol. The number of phenols is 1. The highest BCUT2D eigenvalue weighted by Gasteiger charge is 2.19. The standard InChI is InChI=1S/C20H20O3/c1-13(16-10-9-15(22-2)12-19(16)23-3)20-17-7-5-4-6-14(17)8-11-18(20)21/h4-13,21H,1-3H3. The topological polar surface area (TPSA) is 38.7 Å². The van der Waals surface area contributed by atoms with Crippen LogP contribution in [0, 0.1) is 0 Å². The molecule has 3 heteroatoms. The van der Waals surface area contributed by atoms with Gasteiger partial charge in [-0.15, -0.1) is 0 Å². The van der Waals surface area contributed by atoms with Gasteiger partial charge in [0, 0.05) is 23.1 Å². The highest BCUT2D eigenvalue weighted by Crippen LogP contribution is 2.40. The maximum Gasteiger partial charge on any atom is 0.126 e. The Hall–Kier alpha value is -2.68. The van der Waals surface area contributed by atoms with Crippen LogP contribution in [0.15, 0.2) is 54.6 Å². The molecule has 0 fully saturated rings. The van der Waals surface area contributed by atoms with Gasteiger partial charge in [0.2, 0.25) is 0 Å². The first kappa shape index (κ1) is 15.2. The van der Waals surface area contributed by atoms with Crippen molar-refractivity contribution in [3.8, 4) is 17.2 Å². The lowest BCUT2D eigenvalue weighted by Crippen LogP contribution is -2.01. The number of methoxy groups -OCH3 is 2. The van der Waals surface area contributed by atoms with Gasteiger partial charge in [0.15, 0.2) is 0 Å². The maximum absolute atomic E-state index is 10.4. The maximum atomic E-state index is 10.4. The third kappa shape index (κ3) is 2.70. The van der Waals surface area contributed by atoms with E-state index < -0.39 is 0 Å². The van der Waals surface area contributed by atoms with Crippen LogP contribution in [0.5, 0.6) is 17.2 Å². The highest BCUT2D eigenvalue weighted by molar-refractivity contribution is 5.88. The summed E-state index contributed by atoms with van der Waals surface area (Å²) in [6.07, 6.45) is 0. The molecule has 0 heterocycles. The SMILES string of the molecule is COc1ccc(C(C)c2c(O)ccc3ccccc23)c(OC)c1. The number of phenolic OH excluding ortho intramolecular Hbond substituents is 1. The second kappa shape index (κ2) is 6.21. The van der Waals surface area contributed by atoms with Crippen LogP contribution in [0.4, 0.5) is 0 Å². The Kier molecular flexibility index (Phi) is 4.11. The van der Waals surface area contributed by atoms with Gasteiger partial charge in [-0.3, -0.25) is 0 Å². The van der Waals surface area contributed by atoms with Gasteiger partial charge >= 0.3 is 0 Å². The van der Waals surface area contributed by atoms with Crippen LogP contribution in [0.2, 0.25) is 0 Å². The lowest BCUT2D eigenvalue weighted by molar-refractivity contribution is 0.390. The molecule has 0 aliphatic carbocycles. The molecule has 0 aliphatic rings. The quantitative estimate of drug-likeness (QED) is 0.758. The number of aromatic hydroxyl groups is 1. The van der Waals surface area contributed by atoms with Crippen LogP contribution in [0.25, 0.3) is 10.8 Å². The van der Waals surface area contributed by atoms with Gasteiger partial charge in [0.05, 0.1) is 14.2 Å². The molecular formula is C20H20O3. The largest absolute Gasteiger partial charge is 0.508 e. The van der Waals surface area contributed by atoms with E-state index in [2.05, 4.69) is 13.0 Å². The fourth-order valence-electron chi connectivity index (χ4n) is 3.07. The summed E-state index contributed by atoms with van der Waals surface area (Å²) in [5.74, 6) is 1.79. The van der Waals surface area contributed by atoms with E-state index in [1.165, 1.54) is 0 Å². The number of rotatable bonds is 4. The zero-order chi connectivity index (χ0) is 16.4. The first-order valence-corrected chi connectivity index (χ1v) is 7.58. The molecule has 0 amide bonds. The monoisotopic (exact) mass is 308 g/mol. The molecule has 118 valence electrons. The van der Waals surface area contributed by atoms with Gasteiger partial charge in [-0.25, -0.2) is 0 Å². The molecule has 0 aliphatic heterocycles. The lowest BCUT2D eigenvalue weighted by atomic mass is 9.88. The van der Waals surface area contributed by atoms with Gasteiger partial charge in [0.1, 0.15) is 17.2 Å². The third-order valence-electron chi connectivity index (χ3n) is 4.29. The van der Waals surface area contributed by atoms with Crippen LogP contribution in [0.1, 0.15) is 24.0 Å². The van der Waals surface area contributed by atoms with Crippen LogP contribution >= 0.6 is 0 Å². The molecule has 1 atom stereocenters. The highest BCUT2D eigenvalue weighted by atomic mass is 16.5. The van der Waals surface area contributed by atoms with Crippen molar-refractivity contribution in [1.82, 2.24) is 0 Å². The molecule has 1 N–H and O–H groups in total. The number of ether oxygens (including phenoxy) is 2. The first-order chi connectivity index (χ1) is 11.2. The summed E-state index contributed by atoms with van der Waals surface area (Å²) in [6.45, 7) is 2.08. The average Bonchev–Trinajstić information content (AvgIpc) is 2.60. The number of hydrogen-bond acceptors (Lipinski definition) is 3. The Bertz CT molecular complexity index is 839. The van der Waals surface area contributed by atoms with Crippen molar-refractivity contribution in [1.29, 1.82) is 0 Å². The molecule has 3 aromatic carbocycles. The van der Waals surface area contributed by atoms with Crippen LogP contribution < -0.4 is 9.47 Å². The number of benzene rings is 3.